The molecular weight excluding hydrogens is 284 g/mol. The Bertz CT molecular complexity index is 388. The Morgan fingerprint density at radius 2 is 2.06 bits per heavy atom. The van der Waals surface area contributed by atoms with Gasteiger partial charge >= 0.3 is 0 Å². The molecule has 3 nitrogen and oxygen atoms in total. The van der Waals surface area contributed by atoms with E-state index in [0.717, 1.165) is 10.2 Å². The number of Topliss-reactive ketones (excluding diaryl/α,β-unsaturated/α-hetero) is 1. The molecule has 0 saturated heterocycles. The molecule has 0 heterocycles. The van der Waals surface area contributed by atoms with Crippen LogP contribution in [0.4, 0.5) is 0 Å². The van der Waals surface area contributed by atoms with E-state index < -0.39 is 0 Å². The van der Waals surface area contributed by atoms with Crippen molar-refractivity contribution in [3.05, 3.63) is 28.2 Å². The zero-order valence-electron chi connectivity index (χ0n) is 10.3. The van der Waals surface area contributed by atoms with Crippen LogP contribution in [-0.4, -0.2) is 26.1 Å². The molecule has 0 bridgehead atoms. The number of hydrogen-bond acceptors (Lipinski definition) is 3. The van der Waals surface area contributed by atoms with E-state index in [9.17, 15) is 4.79 Å². The molecule has 0 aromatic heterocycles. The first-order valence-corrected chi connectivity index (χ1v) is 6.31. The van der Waals surface area contributed by atoms with Crippen LogP contribution < -0.4 is 4.74 Å². The summed E-state index contributed by atoms with van der Waals surface area (Å²) in [6, 6.07) is 5.38. The minimum atomic E-state index is 0.00200. The maximum absolute atomic E-state index is 11.8. The second kappa shape index (κ2) is 6.77. The molecule has 1 rings (SSSR count). The van der Waals surface area contributed by atoms with Crippen LogP contribution in [0.3, 0.4) is 0 Å². The summed E-state index contributed by atoms with van der Waals surface area (Å²) in [7, 11) is 1.63. The van der Waals surface area contributed by atoms with E-state index >= 15 is 0 Å². The molecule has 0 fully saturated rings. The van der Waals surface area contributed by atoms with Crippen LogP contribution in [0.25, 0.3) is 0 Å². The lowest BCUT2D eigenvalue weighted by molar-refractivity contribution is 0.0939. The quantitative estimate of drug-likeness (QED) is 0.597. The van der Waals surface area contributed by atoms with Gasteiger partial charge in [0.05, 0.1) is 11.1 Å². The van der Waals surface area contributed by atoms with Gasteiger partial charge in [0.1, 0.15) is 12.4 Å². The first-order chi connectivity index (χ1) is 8.06. The van der Waals surface area contributed by atoms with Gasteiger partial charge in [-0.3, -0.25) is 4.79 Å². The van der Waals surface area contributed by atoms with Crippen LogP contribution in [0.15, 0.2) is 22.7 Å². The van der Waals surface area contributed by atoms with E-state index in [-0.39, 0.29) is 11.7 Å². The van der Waals surface area contributed by atoms with Crippen molar-refractivity contribution in [2.24, 2.45) is 5.92 Å². The Hall–Kier alpha value is -0.870. The van der Waals surface area contributed by atoms with Gasteiger partial charge in [0, 0.05) is 18.6 Å². The average molecular weight is 301 g/mol. The van der Waals surface area contributed by atoms with E-state index in [1.165, 1.54) is 0 Å². The Labute approximate surface area is 110 Å². The number of rotatable bonds is 6. The summed E-state index contributed by atoms with van der Waals surface area (Å²) in [4.78, 5) is 11.8. The number of methoxy groups -OCH3 is 1. The minimum Gasteiger partial charge on any atom is -0.490 e. The van der Waals surface area contributed by atoms with Crippen LogP contribution >= 0.6 is 15.9 Å². The summed E-state index contributed by atoms with van der Waals surface area (Å²) >= 11 is 3.40. The van der Waals surface area contributed by atoms with Crippen LogP contribution in [0.2, 0.25) is 0 Å². The predicted octanol–water partition coefficient (Wildman–Crippen LogP) is 3.31. The van der Waals surface area contributed by atoms with Crippen molar-refractivity contribution in [1.82, 2.24) is 0 Å². The van der Waals surface area contributed by atoms with Gasteiger partial charge in [-0.1, -0.05) is 13.8 Å². The number of ether oxygens (including phenoxy) is 2. The molecule has 94 valence electrons. The summed E-state index contributed by atoms with van der Waals surface area (Å²) in [5.74, 6) is 0.860. The molecule has 0 atom stereocenters. The third kappa shape index (κ3) is 4.13. The number of carbonyl (C=O) groups is 1. The lowest BCUT2D eigenvalue weighted by Crippen LogP contribution is -2.08. The summed E-state index contributed by atoms with van der Waals surface area (Å²) in [6.45, 7) is 4.81. The lowest BCUT2D eigenvalue weighted by Gasteiger charge is -2.10. The van der Waals surface area contributed by atoms with Gasteiger partial charge in [0.25, 0.3) is 0 Å². The Morgan fingerprint density at radius 1 is 1.35 bits per heavy atom. The molecule has 0 aliphatic heterocycles. The van der Waals surface area contributed by atoms with Crippen molar-refractivity contribution < 1.29 is 14.3 Å². The van der Waals surface area contributed by atoms with Crippen molar-refractivity contribution in [2.75, 3.05) is 20.3 Å². The molecule has 1 aromatic carbocycles. The second-order valence-corrected chi connectivity index (χ2v) is 4.86. The topological polar surface area (TPSA) is 35.5 Å². The monoisotopic (exact) mass is 300 g/mol. The van der Waals surface area contributed by atoms with E-state index in [2.05, 4.69) is 15.9 Å². The molecule has 0 amide bonds. The fourth-order valence-electron chi connectivity index (χ4n) is 1.34. The highest BCUT2D eigenvalue weighted by atomic mass is 79.9. The Morgan fingerprint density at radius 3 is 2.59 bits per heavy atom. The van der Waals surface area contributed by atoms with Gasteiger partial charge < -0.3 is 9.47 Å². The summed E-state index contributed by atoms with van der Waals surface area (Å²) in [5, 5.41) is 0. The molecular formula is C13H17BrO3. The summed E-state index contributed by atoms with van der Waals surface area (Å²) in [6.07, 6.45) is 0. The average Bonchev–Trinajstić information content (AvgIpc) is 2.30. The highest BCUT2D eigenvalue weighted by molar-refractivity contribution is 9.10. The fourth-order valence-corrected chi connectivity index (χ4v) is 1.83. The SMILES string of the molecule is COCCOc1ccc(C(=O)C(C)C)cc1Br. The van der Waals surface area contributed by atoms with Gasteiger partial charge in [0.2, 0.25) is 0 Å². The first kappa shape index (κ1) is 14.2. The van der Waals surface area contributed by atoms with E-state index in [4.69, 9.17) is 9.47 Å². The number of benzene rings is 1. The van der Waals surface area contributed by atoms with Crippen LogP contribution in [-0.2, 0) is 4.74 Å². The van der Waals surface area contributed by atoms with Crippen molar-refractivity contribution in [2.45, 2.75) is 13.8 Å². The van der Waals surface area contributed by atoms with Gasteiger partial charge in [-0.05, 0) is 34.1 Å². The smallest absolute Gasteiger partial charge is 0.165 e. The fraction of sp³-hybridized carbons (Fsp3) is 0.462. The molecule has 4 heteroatoms. The molecule has 0 aliphatic rings. The zero-order chi connectivity index (χ0) is 12.8. The summed E-state index contributed by atoms with van der Waals surface area (Å²) in [5.41, 5.74) is 0.700. The van der Waals surface area contributed by atoms with Gasteiger partial charge in [-0.2, -0.15) is 0 Å². The third-order valence-corrected chi connectivity index (χ3v) is 2.91. The molecule has 0 saturated carbocycles. The van der Waals surface area contributed by atoms with E-state index in [1.807, 2.05) is 13.8 Å². The van der Waals surface area contributed by atoms with E-state index in [0.29, 0.717) is 18.8 Å². The first-order valence-electron chi connectivity index (χ1n) is 5.51. The van der Waals surface area contributed by atoms with Crippen molar-refractivity contribution in [3.63, 3.8) is 0 Å². The molecule has 0 aliphatic carbocycles. The molecule has 0 radical (unpaired) electrons. The Balaban J connectivity index is 2.75. The molecule has 1 aromatic rings. The maximum Gasteiger partial charge on any atom is 0.165 e. The van der Waals surface area contributed by atoms with Crippen molar-refractivity contribution in [1.29, 1.82) is 0 Å². The molecule has 0 N–H and O–H groups in total. The van der Waals surface area contributed by atoms with Crippen LogP contribution in [0, 0.1) is 5.92 Å². The maximum atomic E-state index is 11.8. The standard InChI is InChI=1S/C13H17BrO3/c1-9(2)13(15)10-4-5-12(11(14)8-10)17-7-6-16-3/h4-5,8-9H,6-7H2,1-3H3. The molecule has 17 heavy (non-hydrogen) atoms. The largest absolute Gasteiger partial charge is 0.490 e. The summed E-state index contributed by atoms with van der Waals surface area (Å²) < 4.78 is 11.2. The third-order valence-electron chi connectivity index (χ3n) is 2.29. The van der Waals surface area contributed by atoms with Gasteiger partial charge in [-0.15, -0.1) is 0 Å². The van der Waals surface area contributed by atoms with E-state index in [1.54, 1.807) is 25.3 Å². The number of ketones is 1. The van der Waals surface area contributed by atoms with Crippen molar-refractivity contribution >= 4 is 21.7 Å². The highest BCUT2D eigenvalue weighted by Gasteiger charge is 2.12. The number of carbonyl (C=O) groups excluding carboxylic acids is 1. The van der Waals surface area contributed by atoms with Crippen molar-refractivity contribution in [3.8, 4) is 5.75 Å². The van der Waals surface area contributed by atoms with Crippen LogP contribution in [0.5, 0.6) is 5.75 Å². The highest BCUT2D eigenvalue weighted by Crippen LogP contribution is 2.26. The van der Waals surface area contributed by atoms with Gasteiger partial charge in [0.15, 0.2) is 5.78 Å². The minimum absolute atomic E-state index is 0.00200. The lowest BCUT2D eigenvalue weighted by atomic mass is 10.0. The predicted molar refractivity (Wildman–Crippen MR) is 70.7 cm³/mol. The van der Waals surface area contributed by atoms with Gasteiger partial charge in [-0.25, -0.2) is 0 Å². The Kier molecular flexibility index (Phi) is 5.65. The number of hydrogen-bond donors (Lipinski definition) is 0. The normalized spacial score (nSPS) is 10.6. The zero-order valence-corrected chi connectivity index (χ0v) is 11.9. The molecule has 0 spiro atoms. The second-order valence-electron chi connectivity index (χ2n) is 4.01. The number of halogens is 1. The molecule has 0 unspecified atom stereocenters. The van der Waals surface area contributed by atoms with Crippen LogP contribution in [0.1, 0.15) is 24.2 Å².